The number of hydrogen-bond acceptors (Lipinski definition) is 5. The molecule has 0 saturated carbocycles. The Kier molecular flexibility index (Phi) is 8.82. The van der Waals surface area contributed by atoms with Crippen LogP contribution in [-0.2, 0) is 14.8 Å². The van der Waals surface area contributed by atoms with E-state index in [2.05, 4.69) is 50.3 Å². The van der Waals surface area contributed by atoms with Crippen LogP contribution in [0.15, 0.2) is 57.9 Å². The average molecular weight is 497 g/mol. The summed E-state index contributed by atoms with van der Waals surface area (Å²) in [6.07, 6.45) is -0.128. The molecule has 0 heterocycles. The number of carbonyl (C=O) groups is 2. The van der Waals surface area contributed by atoms with E-state index in [1.165, 1.54) is 12.1 Å². The largest absolute Gasteiger partial charge is 0.372 e. The Hall–Kier alpha value is -2.43. The lowest BCUT2D eigenvalue weighted by molar-refractivity contribution is -0.121. The highest BCUT2D eigenvalue weighted by Gasteiger charge is 2.14. The second kappa shape index (κ2) is 11.1. The van der Waals surface area contributed by atoms with Gasteiger partial charge >= 0.3 is 0 Å². The van der Waals surface area contributed by atoms with Crippen molar-refractivity contribution in [3.05, 3.63) is 58.6 Å². The monoisotopic (exact) mass is 496 g/mol. The van der Waals surface area contributed by atoms with Gasteiger partial charge in [-0.25, -0.2) is 13.1 Å². The zero-order valence-corrected chi connectivity index (χ0v) is 19.2. The lowest BCUT2D eigenvalue weighted by Gasteiger charge is -2.21. The molecule has 2 aromatic carbocycles. The maximum atomic E-state index is 12.2. The third-order valence-corrected chi connectivity index (χ3v) is 6.35. The van der Waals surface area contributed by atoms with E-state index in [-0.39, 0.29) is 17.9 Å². The normalized spacial score (nSPS) is 11.0. The van der Waals surface area contributed by atoms with Crippen molar-refractivity contribution >= 4 is 43.5 Å². The first kappa shape index (κ1) is 23.8. The number of nitrogens with one attached hydrogen (secondary N) is 3. The minimum Gasteiger partial charge on any atom is -0.372 e. The number of carbonyl (C=O) groups excluding carboxylic acids is 2. The van der Waals surface area contributed by atoms with Crippen molar-refractivity contribution in [3.8, 4) is 0 Å². The SMILES string of the molecule is CCN(CC)c1ccc(C(=O)NNC(=O)CCNS(=O)(=O)c2ccc(Br)cc2)cc1. The van der Waals surface area contributed by atoms with Crippen molar-refractivity contribution in [2.45, 2.75) is 25.2 Å². The zero-order valence-electron chi connectivity index (χ0n) is 16.8. The molecule has 30 heavy (non-hydrogen) atoms. The number of anilines is 1. The first-order valence-electron chi connectivity index (χ1n) is 9.46. The number of amides is 2. The summed E-state index contributed by atoms with van der Waals surface area (Å²) < 4.78 is 27.4. The fraction of sp³-hybridized carbons (Fsp3) is 0.300. The highest BCUT2D eigenvalue weighted by Crippen LogP contribution is 2.15. The summed E-state index contributed by atoms with van der Waals surface area (Å²) in [5, 5.41) is 0. The van der Waals surface area contributed by atoms with Gasteiger partial charge in [0, 0.05) is 41.8 Å². The van der Waals surface area contributed by atoms with E-state index < -0.39 is 21.8 Å². The predicted octanol–water partition coefficient (Wildman–Crippen LogP) is 2.42. The van der Waals surface area contributed by atoms with E-state index in [4.69, 9.17) is 0 Å². The van der Waals surface area contributed by atoms with Gasteiger partial charge in [0.2, 0.25) is 15.9 Å². The molecule has 0 saturated heterocycles. The lowest BCUT2D eigenvalue weighted by atomic mass is 10.2. The maximum absolute atomic E-state index is 12.2. The molecule has 0 aliphatic carbocycles. The van der Waals surface area contributed by atoms with Crippen LogP contribution in [0.5, 0.6) is 0 Å². The second-order valence-electron chi connectivity index (χ2n) is 6.32. The van der Waals surface area contributed by atoms with Gasteiger partial charge in [0.25, 0.3) is 5.91 Å². The van der Waals surface area contributed by atoms with Crippen LogP contribution >= 0.6 is 15.9 Å². The molecule has 162 valence electrons. The molecular formula is C20H25BrN4O4S. The van der Waals surface area contributed by atoms with Gasteiger partial charge in [0.15, 0.2) is 0 Å². The average Bonchev–Trinajstić information content (AvgIpc) is 2.73. The second-order valence-corrected chi connectivity index (χ2v) is 9.01. The quantitative estimate of drug-likeness (QED) is 0.462. The fourth-order valence-corrected chi connectivity index (χ4v) is 3.97. The van der Waals surface area contributed by atoms with E-state index in [1.54, 1.807) is 24.3 Å². The van der Waals surface area contributed by atoms with Crippen LogP contribution in [-0.4, -0.2) is 39.9 Å². The van der Waals surface area contributed by atoms with E-state index in [9.17, 15) is 18.0 Å². The van der Waals surface area contributed by atoms with Gasteiger partial charge < -0.3 is 4.90 Å². The Morgan fingerprint density at radius 3 is 2.10 bits per heavy atom. The maximum Gasteiger partial charge on any atom is 0.269 e. The van der Waals surface area contributed by atoms with Crippen molar-refractivity contribution in [1.82, 2.24) is 15.6 Å². The molecular weight excluding hydrogens is 472 g/mol. The Morgan fingerprint density at radius 1 is 0.933 bits per heavy atom. The van der Waals surface area contributed by atoms with Gasteiger partial charge in [-0.1, -0.05) is 15.9 Å². The van der Waals surface area contributed by atoms with Crippen LogP contribution < -0.4 is 20.5 Å². The minimum absolute atomic E-state index is 0.0985. The van der Waals surface area contributed by atoms with Crippen LogP contribution in [0.2, 0.25) is 0 Å². The van der Waals surface area contributed by atoms with E-state index in [0.717, 1.165) is 23.2 Å². The fourth-order valence-electron chi connectivity index (χ4n) is 2.67. The number of halogens is 1. The summed E-state index contributed by atoms with van der Waals surface area (Å²) >= 11 is 3.24. The lowest BCUT2D eigenvalue weighted by Crippen LogP contribution is -2.42. The zero-order chi connectivity index (χ0) is 22.1. The van der Waals surface area contributed by atoms with Crippen LogP contribution in [0.4, 0.5) is 5.69 Å². The molecule has 3 N–H and O–H groups in total. The molecule has 0 atom stereocenters. The van der Waals surface area contributed by atoms with Gasteiger partial charge in [0.1, 0.15) is 0 Å². The van der Waals surface area contributed by atoms with Gasteiger partial charge in [-0.2, -0.15) is 0 Å². The smallest absolute Gasteiger partial charge is 0.269 e. The molecule has 8 nitrogen and oxygen atoms in total. The van der Waals surface area contributed by atoms with Gasteiger partial charge in [-0.3, -0.25) is 20.4 Å². The third-order valence-electron chi connectivity index (χ3n) is 4.34. The number of sulfonamides is 1. The summed E-state index contributed by atoms with van der Waals surface area (Å²) in [7, 11) is -3.70. The predicted molar refractivity (Wildman–Crippen MR) is 120 cm³/mol. The first-order chi connectivity index (χ1) is 14.3. The number of rotatable bonds is 9. The summed E-state index contributed by atoms with van der Waals surface area (Å²) in [6.45, 7) is 5.74. The number of benzene rings is 2. The molecule has 0 fully saturated rings. The molecule has 0 spiro atoms. The molecule has 0 aliphatic rings. The molecule has 2 aromatic rings. The highest BCUT2D eigenvalue weighted by atomic mass is 79.9. The van der Waals surface area contributed by atoms with Crippen LogP contribution in [0.25, 0.3) is 0 Å². The summed E-state index contributed by atoms with van der Waals surface area (Å²) in [5.41, 5.74) is 6.03. The Labute approximate surface area is 185 Å². The third kappa shape index (κ3) is 6.82. The first-order valence-corrected chi connectivity index (χ1v) is 11.7. The Balaban J connectivity index is 1.79. The summed E-state index contributed by atoms with van der Waals surface area (Å²) in [5.74, 6) is -0.966. The summed E-state index contributed by atoms with van der Waals surface area (Å²) in [6, 6.07) is 13.2. The van der Waals surface area contributed by atoms with E-state index in [0.29, 0.717) is 5.56 Å². The summed E-state index contributed by atoms with van der Waals surface area (Å²) in [4.78, 5) is 26.3. The number of hydrogen-bond donors (Lipinski definition) is 3. The van der Waals surface area contributed by atoms with Crippen LogP contribution in [0, 0.1) is 0 Å². The van der Waals surface area contributed by atoms with Crippen molar-refractivity contribution < 1.29 is 18.0 Å². The molecule has 2 amide bonds. The number of hydrazine groups is 1. The molecule has 0 aliphatic heterocycles. The van der Waals surface area contributed by atoms with Crippen molar-refractivity contribution in [3.63, 3.8) is 0 Å². The van der Waals surface area contributed by atoms with E-state index in [1.807, 2.05) is 12.1 Å². The van der Waals surface area contributed by atoms with Crippen molar-refractivity contribution in [2.75, 3.05) is 24.5 Å². The molecule has 0 bridgehead atoms. The molecule has 0 unspecified atom stereocenters. The van der Waals surface area contributed by atoms with Crippen molar-refractivity contribution in [1.29, 1.82) is 0 Å². The van der Waals surface area contributed by atoms with Gasteiger partial charge in [-0.15, -0.1) is 0 Å². The topological polar surface area (TPSA) is 108 Å². The standard InChI is InChI=1S/C20H25BrN4O4S/c1-3-25(4-2)17-9-5-15(6-10-17)20(27)24-23-19(26)13-14-22-30(28,29)18-11-7-16(21)8-12-18/h5-12,22H,3-4,13-14H2,1-2H3,(H,23,26)(H,24,27). The van der Waals surface area contributed by atoms with Gasteiger partial charge in [0.05, 0.1) is 4.90 Å². The van der Waals surface area contributed by atoms with E-state index >= 15 is 0 Å². The van der Waals surface area contributed by atoms with Crippen LogP contribution in [0.1, 0.15) is 30.6 Å². The highest BCUT2D eigenvalue weighted by molar-refractivity contribution is 9.10. The molecule has 10 heteroatoms. The Bertz CT molecular complexity index is 959. The van der Waals surface area contributed by atoms with Crippen LogP contribution in [0.3, 0.4) is 0 Å². The number of nitrogens with zero attached hydrogens (tertiary/aromatic N) is 1. The molecule has 2 rings (SSSR count). The molecule has 0 aromatic heterocycles. The van der Waals surface area contributed by atoms with Crippen molar-refractivity contribution in [2.24, 2.45) is 0 Å². The van der Waals surface area contributed by atoms with Gasteiger partial charge in [-0.05, 0) is 62.4 Å². The molecule has 0 radical (unpaired) electrons. The Morgan fingerprint density at radius 2 is 1.53 bits per heavy atom. The minimum atomic E-state index is -3.70.